The second kappa shape index (κ2) is 6.50. The van der Waals surface area contributed by atoms with Gasteiger partial charge in [0.05, 0.1) is 12.2 Å². The van der Waals surface area contributed by atoms with Gasteiger partial charge in [0.15, 0.2) is 0 Å². The van der Waals surface area contributed by atoms with Crippen molar-refractivity contribution < 1.29 is 14.6 Å². The van der Waals surface area contributed by atoms with Crippen molar-refractivity contribution >= 4 is 0 Å². The van der Waals surface area contributed by atoms with E-state index in [-0.39, 0.29) is 5.41 Å². The SMILES string of the molecule is CNCC1(CN(C)CC2(O)CCOCC2)CCOC1. The summed E-state index contributed by atoms with van der Waals surface area (Å²) in [7, 11) is 4.09. The summed E-state index contributed by atoms with van der Waals surface area (Å²) >= 11 is 0. The maximum Gasteiger partial charge on any atom is 0.0817 e. The van der Waals surface area contributed by atoms with Gasteiger partial charge in [0.1, 0.15) is 0 Å². The molecule has 2 heterocycles. The summed E-state index contributed by atoms with van der Waals surface area (Å²) in [6.45, 7) is 5.69. The molecule has 2 fully saturated rings. The minimum Gasteiger partial charge on any atom is -0.388 e. The van der Waals surface area contributed by atoms with Crippen LogP contribution in [0.5, 0.6) is 0 Å². The fraction of sp³-hybridized carbons (Fsp3) is 1.00. The molecule has 0 aromatic carbocycles. The molecular weight excluding hydrogens is 244 g/mol. The average Bonchev–Trinajstić information content (AvgIpc) is 2.77. The molecule has 2 N–H and O–H groups in total. The van der Waals surface area contributed by atoms with E-state index in [2.05, 4.69) is 17.3 Å². The van der Waals surface area contributed by atoms with Crippen molar-refractivity contribution in [2.45, 2.75) is 24.9 Å². The van der Waals surface area contributed by atoms with Gasteiger partial charge in [0, 0.05) is 57.7 Å². The van der Waals surface area contributed by atoms with Crippen molar-refractivity contribution in [2.75, 3.05) is 60.2 Å². The number of nitrogens with zero attached hydrogens (tertiary/aromatic N) is 1. The zero-order valence-electron chi connectivity index (χ0n) is 12.3. The summed E-state index contributed by atoms with van der Waals surface area (Å²) in [6, 6.07) is 0. The first-order chi connectivity index (χ1) is 9.08. The average molecular weight is 272 g/mol. The maximum atomic E-state index is 10.6. The van der Waals surface area contributed by atoms with E-state index < -0.39 is 5.60 Å². The molecule has 0 spiro atoms. The van der Waals surface area contributed by atoms with E-state index in [0.717, 1.165) is 52.1 Å². The summed E-state index contributed by atoms with van der Waals surface area (Å²) in [4.78, 5) is 2.26. The van der Waals surface area contributed by atoms with Crippen LogP contribution in [0.4, 0.5) is 0 Å². The molecule has 2 rings (SSSR count). The van der Waals surface area contributed by atoms with E-state index in [1.54, 1.807) is 0 Å². The van der Waals surface area contributed by atoms with Gasteiger partial charge in [-0.05, 0) is 20.5 Å². The van der Waals surface area contributed by atoms with Crippen LogP contribution in [0.25, 0.3) is 0 Å². The Balaban J connectivity index is 1.86. The highest BCUT2D eigenvalue weighted by Gasteiger charge is 2.38. The summed E-state index contributed by atoms with van der Waals surface area (Å²) in [5.74, 6) is 0. The lowest BCUT2D eigenvalue weighted by atomic mass is 9.85. The normalized spacial score (nSPS) is 30.9. The van der Waals surface area contributed by atoms with Gasteiger partial charge >= 0.3 is 0 Å². The Bertz CT molecular complexity index is 274. The Morgan fingerprint density at radius 2 is 1.79 bits per heavy atom. The molecule has 5 nitrogen and oxygen atoms in total. The number of nitrogens with one attached hydrogen (secondary N) is 1. The molecule has 0 radical (unpaired) electrons. The van der Waals surface area contributed by atoms with Crippen LogP contribution in [0, 0.1) is 5.41 Å². The highest BCUT2D eigenvalue weighted by atomic mass is 16.5. The third-order valence-electron chi connectivity index (χ3n) is 4.33. The van der Waals surface area contributed by atoms with Crippen molar-refractivity contribution in [3.05, 3.63) is 0 Å². The molecule has 1 unspecified atom stereocenters. The molecule has 0 saturated carbocycles. The molecule has 2 aliphatic rings. The molecule has 0 aromatic rings. The van der Waals surface area contributed by atoms with Gasteiger partial charge < -0.3 is 24.8 Å². The zero-order chi connectivity index (χ0) is 13.8. The lowest BCUT2D eigenvalue weighted by molar-refractivity contribution is -0.0804. The van der Waals surface area contributed by atoms with Crippen LogP contribution in [0.3, 0.4) is 0 Å². The van der Waals surface area contributed by atoms with E-state index in [1.165, 1.54) is 0 Å². The van der Waals surface area contributed by atoms with Crippen LogP contribution >= 0.6 is 0 Å². The molecule has 0 amide bonds. The predicted octanol–water partition coefficient (Wildman–Crippen LogP) is 0.0858. The van der Waals surface area contributed by atoms with Crippen LogP contribution in [-0.4, -0.2) is 75.8 Å². The van der Waals surface area contributed by atoms with Crippen LogP contribution < -0.4 is 5.32 Å². The number of hydrogen-bond acceptors (Lipinski definition) is 5. The van der Waals surface area contributed by atoms with Gasteiger partial charge in [-0.1, -0.05) is 0 Å². The Hall–Kier alpha value is -0.200. The lowest BCUT2D eigenvalue weighted by Gasteiger charge is -2.39. The first-order valence-corrected chi connectivity index (χ1v) is 7.29. The first-order valence-electron chi connectivity index (χ1n) is 7.29. The van der Waals surface area contributed by atoms with Crippen molar-refractivity contribution in [3.8, 4) is 0 Å². The van der Waals surface area contributed by atoms with Crippen LogP contribution in [0.2, 0.25) is 0 Å². The van der Waals surface area contributed by atoms with Crippen molar-refractivity contribution in [3.63, 3.8) is 0 Å². The van der Waals surface area contributed by atoms with Gasteiger partial charge in [-0.2, -0.15) is 0 Å². The summed E-state index contributed by atoms with van der Waals surface area (Å²) in [6.07, 6.45) is 2.58. The Morgan fingerprint density at radius 3 is 2.37 bits per heavy atom. The van der Waals surface area contributed by atoms with Gasteiger partial charge in [0.2, 0.25) is 0 Å². The molecule has 0 aliphatic carbocycles. The topological polar surface area (TPSA) is 54.0 Å². The minimum absolute atomic E-state index is 0.199. The summed E-state index contributed by atoms with van der Waals surface area (Å²) in [5, 5.41) is 13.8. The molecule has 19 heavy (non-hydrogen) atoms. The van der Waals surface area contributed by atoms with Crippen molar-refractivity contribution in [1.82, 2.24) is 10.2 Å². The van der Waals surface area contributed by atoms with Gasteiger partial charge in [0.25, 0.3) is 0 Å². The largest absolute Gasteiger partial charge is 0.388 e. The number of ether oxygens (including phenoxy) is 2. The molecular formula is C14H28N2O3. The van der Waals surface area contributed by atoms with E-state index in [1.807, 2.05) is 7.05 Å². The number of aliphatic hydroxyl groups is 1. The minimum atomic E-state index is -0.576. The zero-order valence-corrected chi connectivity index (χ0v) is 12.3. The van der Waals surface area contributed by atoms with E-state index in [4.69, 9.17) is 9.47 Å². The van der Waals surface area contributed by atoms with Gasteiger partial charge in [-0.15, -0.1) is 0 Å². The van der Waals surface area contributed by atoms with Crippen molar-refractivity contribution in [2.24, 2.45) is 5.41 Å². The third kappa shape index (κ3) is 4.13. The second-order valence-electron chi connectivity index (χ2n) is 6.34. The molecule has 1 atom stereocenters. The van der Waals surface area contributed by atoms with Gasteiger partial charge in [-0.3, -0.25) is 0 Å². The monoisotopic (exact) mass is 272 g/mol. The van der Waals surface area contributed by atoms with E-state index >= 15 is 0 Å². The van der Waals surface area contributed by atoms with E-state index in [9.17, 15) is 5.11 Å². The summed E-state index contributed by atoms with van der Waals surface area (Å²) < 4.78 is 10.9. The molecule has 2 saturated heterocycles. The quantitative estimate of drug-likeness (QED) is 0.717. The number of rotatable bonds is 6. The summed E-state index contributed by atoms with van der Waals surface area (Å²) in [5.41, 5.74) is -0.377. The molecule has 5 heteroatoms. The number of hydrogen-bond donors (Lipinski definition) is 2. The standard InChI is InChI=1S/C14H28N2O3/c1-15-9-13(3-6-19-12-13)10-16(2)11-14(17)4-7-18-8-5-14/h15,17H,3-12H2,1-2H3. The molecule has 2 aliphatic heterocycles. The van der Waals surface area contributed by atoms with Crippen LogP contribution in [0.1, 0.15) is 19.3 Å². The highest BCUT2D eigenvalue weighted by molar-refractivity contribution is 4.90. The molecule has 0 aromatic heterocycles. The van der Waals surface area contributed by atoms with E-state index in [0.29, 0.717) is 13.2 Å². The van der Waals surface area contributed by atoms with Crippen LogP contribution in [-0.2, 0) is 9.47 Å². The number of likely N-dealkylation sites (N-methyl/N-ethyl adjacent to an activating group) is 1. The molecule has 112 valence electrons. The van der Waals surface area contributed by atoms with Gasteiger partial charge in [-0.25, -0.2) is 0 Å². The second-order valence-corrected chi connectivity index (χ2v) is 6.34. The Morgan fingerprint density at radius 1 is 1.11 bits per heavy atom. The van der Waals surface area contributed by atoms with Crippen molar-refractivity contribution in [1.29, 1.82) is 0 Å². The molecule has 0 bridgehead atoms. The smallest absolute Gasteiger partial charge is 0.0817 e. The Kier molecular flexibility index (Phi) is 5.20. The third-order valence-corrected chi connectivity index (χ3v) is 4.33. The lowest BCUT2D eigenvalue weighted by Crippen LogP contribution is -2.50. The fourth-order valence-corrected chi connectivity index (χ4v) is 3.38. The highest BCUT2D eigenvalue weighted by Crippen LogP contribution is 2.30. The fourth-order valence-electron chi connectivity index (χ4n) is 3.38. The van der Waals surface area contributed by atoms with Crippen LogP contribution in [0.15, 0.2) is 0 Å². The Labute approximate surface area is 116 Å². The first kappa shape index (κ1) is 15.2. The maximum absolute atomic E-state index is 10.6. The predicted molar refractivity (Wildman–Crippen MR) is 74.3 cm³/mol.